The molecule has 2 N–H and O–H groups in total. The van der Waals surface area contributed by atoms with Gasteiger partial charge in [0.1, 0.15) is 0 Å². The van der Waals surface area contributed by atoms with Crippen molar-refractivity contribution in [1.29, 1.82) is 0 Å². The second-order valence-electron chi connectivity index (χ2n) is 5.03. The third kappa shape index (κ3) is 5.16. The van der Waals surface area contributed by atoms with E-state index in [0.717, 1.165) is 18.4 Å². The number of hydrogen-bond donors (Lipinski definition) is 1. The lowest BCUT2D eigenvalue weighted by molar-refractivity contribution is -0.142. The van der Waals surface area contributed by atoms with Crippen LogP contribution in [0.25, 0.3) is 0 Å². The third-order valence-electron chi connectivity index (χ3n) is 4.00. The Labute approximate surface area is 140 Å². The molecular weight excluding hydrogens is 311 g/mol. The number of aromatic nitrogens is 2. The van der Waals surface area contributed by atoms with Crippen molar-refractivity contribution < 1.29 is 4.79 Å². The molecule has 7 heteroatoms. The summed E-state index contributed by atoms with van der Waals surface area (Å²) >= 11 is 0. The fourth-order valence-electron chi connectivity index (χ4n) is 2.36. The largest absolute Gasteiger partial charge is 0.338 e. The highest BCUT2D eigenvalue weighted by molar-refractivity contribution is 5.85. The number of nitrogens with zero attached hydrogens (tertiary/aromatic N) is 3. The lowest BCUT2D eigenvalue weighted by Crippen LogP contribution is -2.47. The van der Waals surface area contributed by atoms with Crippen LogP contribution in [-0.4, -0.2) is 33.7 Å². The Morgan fingerprint density at radius 3 is 2.24 bits per heavy atom. The van der Waals surface area contributed by atoms with Gasteiger partial charge in [-0.3, -0.25) is 9.48 Å². The standard InChI is InChI=1S/C14H26N4O.2ClH/c1-5-14(6-2,11-15)13(19)18(7-3)10-12-8-16-17(4)9-12;;/h8-9H,5-7,10-11,15H2,1-4H3;2*1H. The zero-order chi connectivity index (χ0) is 14.5. The number of hydrogen-bond acceptors (Lipinski definition) is 3. The molecule has 5 nitrogen and oxygen atoms in total. The van der Waals surface area contributed by atoms with Crippen molar-refractivity contribution in [1.82, 2.24) is 14.7 Å². The summed E-state index contributed by atoms with van der Waals surface area (Å²) in [6.45, 7) is 7.77. The maximum Gasteiger partial charge on any atom is 0.230 e. The molecule has 124 valence electrons. The average Bonchev–Trinajstić information content (AvgIpc) is 2.84. The Morgan fingerprint density at radius 1 is 1.33 bits per heavy atom. The van der Waals surface area contributed by atoms with E-state index < -0.39 is 5.41 Å². The van der Waals surface area contributed by atoms with Gasteiger partial charge in [-0.1, -0.05) is 13.8 Å². The van der Waals surface area contributed by atoms with Crippen LogP contribution in [-0.2, 0) is 18.4 Å². The smallest absolute Gasteiger partial charge is 0.230 e. The molecule has 0 spiro atoms. The van der Waals surface area contributed by atoms with E-state index in [9.17, 15) is 4.79 Å². The minimum atomic E-state index is -0.418. The molecule has 1 aromatic rings. The minimum Gasteiger partial charge on any atom is -0.338 e. The van der Waals surface area contributed by atoms with Crippen LogP contribution < -0.4 is 5.73 Å². The van der Waals surface area contributed by atoms with E-state index in [1.165, 1.54) is 0 Å². The fraction of sp³-hybridized carbons (Fsp3) is 0.714. The molecular formula is C14H28Cl2N4O. The lowest BCUT2D eigenvalue weighted by atomic mass is 9.81. The maximum atomic E-state index is 12.7. The number of aryl methyl sites for hydroxylation is 1. The van der Waals surface area contributed by atoms with Crippen LogP contribution in [0, 0.1) is 5.41 Å². The molecule has 0 unspecified atom stereocenters. The Hall–Kier alpha value is -0.780. The molecule has 0 saturated carbocycles. The van der Waals surface area contributed by atoms with Crippen LogP contribution in [0.2, 0.25) is 0 Å². The monoisotopic (exact) mass is 338 g/mol. The molecule has 0 radical (unpaired) electrons. The fourth-order valence-corrected chi connectivity index (χ4v) is 2.36. The summed E-state index contributed by atoms with van der Waals surface area (Å²) in [6.07, 6.45) is 5.31. The third-order valence-corrected chi connectivity index (χ3v) is 4.00. The van der Waals surface area contributed by atoms with Crippen molar-refractivity contribution >= 4 is 30.7 Å². The van der Waals surface area contributed by atoms with Crippen LogP contribution in [0.3, 0.4) is 0 Å². The first-order valence-corrected chi connectivity index (χ1v) is 6.99. The highest BCUT2D eigenvalue weighted by Gasteiger charge is 2.36. The van der Waals surface area contributed by atoms with Gasteiger partial charge in [-0.05, 0) is 19.8 Å². The van der Waals surface area contributed by atoms with Gasteiger partial charge >= 0.3 is 0 Å². The topological polar surface area (TPSA) is 64.2 Å². The summed E-state index contributed by atoms with van der Waals surface area (Å²) in [5.74, 6) is 0.159. The second kappa shape index (κ2) is 10.0. The van der Waals surface area contributed by atoms with E-state index in [1.54, 1.807) is 10.9 Å². The summed E-state index contributed by atoms with van der Waals surface area (Å²) in [7, 11) is 1.88. The second-order valence-corrected chi connectivity index (χ2v) is 5.03. The van der Waals surface area contributed by atoms with Gasteiger partial charge in [0.05, 0.1) is 11.6 Å². The Balaban J connectivity index is 0. The molecule has 0 atom stereocenters. The molecule has 0 bridgehead atoms. The van der Waals surface area contributed by atoms with Crippen molar-refractivity contribution in [2.24, 2.45) is 18.2 Å². The van der Waals surface area contributed by atoms with Crippen molar-refractivity contribution in [2.45, 2.75) is 40.2 Å². The normalized spacial score (nSPS) is 10.5. The van der Waals surface area contributed by atoms with Gasteiger partial charge in [-0.15, -0.1) is 24.8 Å². The SMILES string of the molecule is CCN(Cc1cnn(C)c1)C(=O)C(CC)(CC)CN.Cl.Cl. The number of carbonyl (C=O) groups is 1. The molecule has 0 fully saturated rings. The summed E-state index contributed by atoms with van der Waals surface area (Å²) in [5, 5.41) is 4.14. The van der Waals surface area contributed by atoms with E-state index in [4.69, 9.17) is 5.73 Å². The van der Waals surface area contributed by atoms with Gasteiger partial charge in [0.2, 0.25) is 5.91 Å². The van der Waals surface area contributed by atoms with Crippen LogP contribution in [0.1, 0.15) is 39.2 Å². The molecule has 0 aliphatic rings. The molecule has 1 aromatic heterocycles. The van der Waals surface area contributed by atoms with Crippen molar-refractivity contribution in [2.75, 3.05) is 13.1 Å². The number of halogens is 2. The quantitative estimate of drug-likeness (QED) is 0.829. The lowest BCUT2D eigenvalue weighted by Gasteiger charge is -2.34. The highest BCUT2D eigenvalue weighted by Crippen LogP contribution is 2.28. The minimum absolute atomic E-state index is 0. The highest BCUT2D eigenvalue weighted by atomic mass is 35.5. The molecule has 0 saturated heterocycles. The van der Waals surface area contributed by atoms with Gasteiger partial charge < -0.3 is 10.6 Å². The van der Waals surface area contributed by atoms with Gasteiger partial charge in [-0.2, -0.15) is 5.10 Å². The predicted octanol–water partition coefficient (Wildman–Crippen LogP) is 2.38. The summed E-state index contributed by atoms with van der Waals surface area (Å²) in [4.78, 5) is 14.6. The van der Waals surface area contributed by atoms with E-state index >= 15 is 0 Å². The van der Waals surface area contributed by atoms with E-state index in [0.29, 0.717) is 19.6 Å². The molecule has 1 amide bonds. The van der Waals surface area contributed by atoms with E-state index in [2.05, 4.69) is 5.10 Å². The van der Waals surface area contributed by atoms with Crippen LogP contribution in [0.4, 0.5) is 0 Å². The van der Waals surface area contributed by atoms with Gasteiger partial charge in [0.15, 0.2) is 0 Å². The first kappa shape index (κ1) is 22.5. The van der Waals surface area contributed by atoms with Crippen LogP contribution in [0.15, 0.2) is 12.4 Å². The summed E-state index contributed by atoms with van der Waals surface area (Å²) in [6, 6.07) is 0. The van der Waals surface area contributed by atoms with Crippen molar-refractivity contribution in [3.05, 3.63) is 18.0 Å². The Morgan fingerprint density at radius 2 is 1.90 bits per heavy atom. The first-order chi connectivity index (χ1) is 9.02. The van der Waals surface area contributed by atoms with E-state index in [-0.39, 0.29) is 30.7 Å². The van der Waals surface area contributed by atoms with Crippen LogP contribution in [0.5, 0.6) is 0 Å². The van der Waals surface area contributed by atoms with Gasteiger partial charge in [-0.25, -0.2) is 0 Å². The molecule has 1 heterocycles. The van der Waals surface area contributed by atoms with Crippen molar-refractivity contribution in [3.8, 4) is 0 Å². The number of nitrogens with two attached hydrogens (primary N) is 1. The van der Waals surface area contributed by atoms with Gasteiger partial charge in [0.25, 0.3) is 0 Å². The molecule has 0 aliphatic carbocycles. The predicted molar refractivity (Wildman–Crippen MR) is 90.9 cm³/mol. The average molecular weight is 339 g/mol. The van der Waals surface area contributed by atoms with E-state index in [1.807, 2.05) is 38.9 Å². The van der Waals surface area contributed by atoms with Crippen molar-refractivity contribution in [3.63, 3.8) is 0 Å². The molecule has 0 aromatic carbocycles. The first-order valence-electron chi connectivity index (χ1n) is 6.99. The zero-order valence-electron chi connectivity index (χ0n) is 13.3. The summed E-state index contributed by atoms with van der Waals surface area (Å²) in [5.41, 5.74) is 6.49. The van der Waals surface area contributed by atoms with Crippen LogP contribution >= 0.6 is 24.8 Å². The number of amides is 1. The Kier molecular flexibility index (Phi) is 10.7. The molecule has 21 heavy (non-hydrogen) atoms. The maximum absolute atomic E-state index is 12.7. The molecule has 1 rings (SSSR count). The zero-order valence-corrected chi connectivity index (χ0v) is 15.0. The molecule has 0 aliphatic heterocycles. The van der Waals surface area contributed by atoms with Gasteiger partial charge in [0, 0.05) is 38.4 Å². The summed E-state index contributed by atoms with van der Waals surface area (Å²) < 4.78 is 1.75. The Bertz CT molecular complexity index is 411. The number of rotatable bonds is 7. The number of carbonyl (C=O) groups excluding carboxylic acids is 1.